The summed E-state index contributed by atoms with van der Waals surface area (Å²) in [7, 11) is 3.16. The topological polar surface area (TPSA) is 97.9 Å². The average Bonchev–Trinajstić information content (AvgIpc) is 3.30. The van der Waals surface area contributed by atoms with Gasteiger partial charge in [-0.25, -0.2) is 14.4 Å². The third kappa shape index (κ3) is 5.10. The number of aliphatic hydroxyl groups is 1. The normalized spacial score (nSPS) is 13.2. The summed E-state index contributed by atoms with van der Waals surface area (Å²) in [5.74, 6) is -6.49. The minimum absolute atomic E-state index is 0.0193. The van der Waals surface area contributed by atoms with Gasteiger partial charge in [-0.2, -0.15) is 27.1 Å². The van der Waals surface area contributed by atoms with Gasteiger partial charge in [0.2, 0.25) is 11.4 Å². The van der Waals surface area contributed by atoms with Gasteiger partial charge in [0.25, 0.3) is 5.92 Å². The van der Waals surface area contributed by atoms with Crippen LogP contribution in [-0.4, -0.2) is 36.0 Å². The monoisotopic (exact) mass is 576 g/mol. The second-order valence-electron chi connectivity index (χ2n) is 9.61. The van der Waals surface area contributed by atoms with E-state index in [4.69, 9.17) is 5.11 Å². The van der Waals surface area contributed by atoms with Crippen LogP contribution in [0.3, 0.4) is 0 Å². The number of fused-ring (bicyclic) bond motifs is 3. The van der Waals surface area contributed by atoms with E-state index in [1.807, 2.05) is 0 Å². The van der Waals surface area contributed by atoms with E-state index in [0.29, 0.717) is 22.7 Å². The molecule has 0 bridgehead atoms. The molecule has 1 atom stereocenters. The molecule has 2 N–H and O–H groups in total. The number of aliphatic hydroxyl groups excluding tert-OH is 1. The van der Waals surface area contributed by atoms with Crippen molar-refractivity contribution in [2.45, 2.75) is 25.1 Å². The number of benzene rings is 2. The summed E-state index contributed by atoms with van der Waals surface area (Å²) in [6.07, 6.45) is -2.01. The molecule has 0 radical (unpaired) electrons. The lowest BCUT2D eigenvalue weighted by Gasteiger charge is -2.21. The fourth-order valence-corrected chi connectivity index (χ4v) is 4.62. The Morgan fingerprint density at radius 2 is 1.76 bits per heavy atom. The van der Waals surface area contributed by atoms with Gasteiger partial charge in [0.15, 0.2) is 0 Å². The molecule has 0 amide bonds. The first-order valence-electron chi connectivity index (χ1n) is 12.2. The highest BCUT2D eigenvalue weighted by molar-refractivity contribution is 6.13. The third-order valence-electron chi connectivity index (χ3n) is 6.73. The molecule has 5 aromatic rings. The van der Waals surface area contributed by atoms with Crippen molar-refractivity contribution in [3.8, 4) is 11.1 Å². The lowest BCUT2D eigenvalue weighted by atomic mass is 9.99. The molecule has 0 unspecified atom stereocenters. The van der Waals surface area contributed by atoms with E-state index in [9.17, 15) is 31.1 Å². The molecule has 0 saturated carbocycles. The van der Waals surface area contributed by atoms with Gasteiger partial charge in [-0.15, -0.1) is 0 Å². The maximum Gasteiger partial charge on any atom is 0.451 e. The Hall–Kier alpha value is -4.46. The number of halogens is 6. The number of nitrogens with one attached hydrogen (secondary N) is 1. The van der Waals surface area contributed by atoms with Gasteiger partial charge in [-0.1, -0.05) is 0 Å². The summed E-state index contributed by atoms with van der Waals surface area (Å²) in [6.45, 7) is -0.120. The third-order valence-corrected chi connectivity index (χ3v) is 6.73. The molecule has 3 aromatic heterocycles. The fourth-order valence-electron chi connectivity index (χ4n) is 4.62. The molecular weight excluding hydrogens is 554 g/mol. The molecule has 5 rings (SSSR count). The van der Waals surface area contributed by atoms with Crippen LogP contribution in [0.25, 0.3) is 32.9 Å². The molecule has 14 heteroatoms. The quantitative estimate of drug-likeness (QED) is 0.267. The van der Waals surface area contributed by atoms with Gasteiger partial charge < -0.3 is 15.0 Å². The Morgan fingerprint density at radius 1 is 1.02 bits per heavy atom. The molecule has 2 aromatic carbocycles. The van der Waals surface area contributed by atoms with Crippen LogP contribution in [-0.2, 0) is 26.2 Å². The highest BCUT2D eigenvalue weighted by Crippen LogP contribution is 2.39. The number of nitrogens with zero attached hydrogens (tertiary/aromatic N) is 5. The lowest BCUT2D eigenvalue weighted by Crippen LogP contribution is -2.20. The van der Waals surface area contributed by atoms with Crippen molar-refractivity contribution in [3.05, 3.63) is 81.9 Å². The predicted octanol–water partition coefficient (Wildman–Crippen LogP) is 5.30. The van der Waals surface area contributed by atoms with Crippen LogP contribution in [0, 0.1) is 5.82 Å². The molecule has 0 aliphatic carbocycles. The summed E-state index contributed by atoms with van der Waals surface area (Å²) in [6, 6.07) is 5.93. The number of alkyl halides is 5. The van der Waals surface area contributed by atoms with Crippen molar-refractivity contribution in [1.29, 1.82) is 0 Å². The summed E-state index contributed by atoms with van der Waals surface area (Å²) >= 11 is 0. The number of hydrogen-bond acceptors (Lipinski definition) is 6. The van der Waals surface area contributed by atoms with E-state index in [1.165, 1.54) is 28.4 Å². The summed E-state index contributed by atoms with van der Waals surface area (Å²) < 4.78 is 87.1. The van der Waals surface area contributed by atoms with Crippen LogP contribution >= 0.6 is 0 Å². The Kier molecular flexibility index (Phi) is 6.76. The number of anilines is 1. The highest BCUT2D eigenvalue weighted by Gasteiger charge is 2.36. The Morgan fingerprint density at radius 3 is 2.41 bits per heavy atom. The highest BCUT2D eigenvalue weighted by atomic mass is 19.4. The first-order valence-corrected chi connectivity index (χ1v) is 12.2. The molecule has 3 heterocycles. The number of aryl methyl sites for hydroxylation is 2. The zero-order chi connectivity index (χ0) is 29.9. The van der Waals surface area contributed by atoms with E-state index in [-0.39, 0.29) is 33.2 Å². The van der Waals surface area contributed by atoms with Crippen molar-refractivity contribution >= 4 is 27.6 Å². The zero-order valence-corrected chi connectivity index (χ0v) is 21.8. The van der Waals surface area contributed by atoms with E-state index < -0.39 is 42.0 Å². The maximum atomic E-state index is 14.3. The maximum absolute atomic E-state index is 14.3. The van der Waals surface area contributed by atoms with Crippen LogP contribution < -0.4 is 10.9 Å². The van der Waals surface area contributed by atoms with Gasteiger partial charge in [-0.05, 0) is 42.8 Å². The molecule has 8 nitrogen and oxygen atoms in total. The van der Waals surface area contributed by atoms with Crippen molar-refractivity contribution in [3.63, 3.8) is 0 Å². The predicted molar refractivity (Wildman–Crippen MR) is 139 cm³/mol. The van der Waals surface area contributed by atoms with Crippen LogP contribution in [0.4, 0.5) is 32.2 Å². The van der Waals surface area contributed by atoms with Gasteiger partial charge in [-0.3, -0.25) is 9.48 Å². The largest absolute Gasteiger partial charge is 0.451 e. The van der Waals surface area contributed by atoms with Crippen LogP contribution in [0.2, 0.25) is 0 Å². The molecule has 0 fully saturated rings. The Labute approximate surface area is 227 Å². The molecule has 214 valence electrons. The van der Waals surface area contributed by atoms with Crippen LogP contribution in [0.15, 0.2) is 53.6 Å². The van der Waals surface area contributed by atoms with Crippen molar-refractivity contribution in [2.24, 2.45) is 14.1 Å². The lowest BCUT2D eigenvalue weighted by molar-refractivity contribution is -0.144. The molecule has 0 aliphatic rings. The number of aromatic nitrogens is 5. The molecule has 0 spiro atoms. The fraction of sp³-hybridized carbons (Fsp3) is 0.259. The molecule has 41 heavy (non-hydrogen) atoms. The SMILES string of the molecule is C[C@@H](Nc1nc(C(F)(F)F)nc2c1cc(-c1ccc(=O)n(C)c1)c1c2cnn1C)c1cc(F)cc(C(F)(F)CO)c1. The van der Waals surface area contributed by atoms with E-state index in [2.05, 4.69) is 20.4 Å². The van der Waals surface area contributed by atoms with Gasteiger partial charge in [0.05, 0.1) is 23.3 Å². The number of hydrogen-bond donors (Lipinski definition) is 2. The summed E-state index contributed by atoms with van der Waals surface area (Å²) in [5, 5.41) is 16.5. The van der Waals surface area contributed by atoms with Crippen molar-refractivity contribution in [2.75, 3.05) is 11.9 Å². The van der Waals surface area contributed by atoms with E-state index in [0.717, 1.165) is 12.1 Å². The van der Waals surface area contributed by atoms with Gasteiger partial charge in [0.1, 0.15) is 18.2 Å². The van der Waals surface area contributed by atoms with E-state index in [1.54, 1.807) is 32.4 Å². The first kappa shape index (κ1) is 28.1. The first-order chi connectivity index (χ1) is 19.2. The van der Waals surface area contributed by atoms with Crippen molar-refractivity contribution < 1.29 is 31.4 Å². The van der Waals surface area contributed by atoms with Crippen LogP contribution in [0.5, 0.6) is 0 Å². The van der Waals surface area contributed by atoms with Gasteiger partial charge in [0, 0.05) is 53.8 Å². The summed E-state index contributed by atoms with van der Waals surface area (Å²) in [4.78, 5) is 19.5. The van der Waals surface area contributed by atoms with Crippen molar-refractivity contribution in [1.82, 2.24) is 24.3 Å². The smallest absolute Gasteiger partial charge is 0.390 e. The second kappa shape index (κ2) is 9.87. The number of rotatable bonds is 6. The minimum atomic E-state index is -4.94. The number of pyridine rings is 1. The van der Waals surface area contributed by atoms with E-state index >= 15 is 0 Å². The average molecular weight is 577 g/mol. The standard InChI is InChI=1S/C27H22F6N6O2/c1-13(15-6-16(8-17(28)7-15)26(29,30)12-40)35-24-19-9-18(14-4-5-21(41)38(2)11-14)23-20(10-34-39(23)3)22(19)36-25(37-24)27(31,32)33/h4-11,13,40H,12H2,1-3H3,(H,35,36,37)/t13-/m1/s1. The Balaban J connectivity index is 1.75. The Bertz CT molecular complexity index is 1860. The zero-order valence-electron chi connectivity index (χ0n) is 21.8. The molecule has 0 saturated heterocycles. The van der Waals surface area contributed by atoms with Gasteiger partial charge >= 0.3 is 6.18 Å². The summed E-state index contributed by atoms with van der Waals surface area (Å²) in [5.41, 5.74) is 0.357. The molecular formula is C27H22F6N6O2. The second-order valence-corrected chi connectivity index (χ2v) is 9.61. The minimum Gasteiger partial charge on any atom is -0.390 e. The van der Waals surface area contributed by atoms with Crippen LogP contribution in [0.1, 0.15) is 29.9 Å². The molecule has 0 aliphatic heterocycles.